The second kappa shape index (κ2) is 5.85. The Kier molecular flexibility index (Phi) is 3.54. The highest BCUT2D eigenvalue weighted by Gasteiger charge is 2.05. The van der Waals surface area contributed by atoms with Crippen molar-refractivity contribution in [3.8, 4) is 0 Å². The molecule has 2 aromatic heterocycles. The van der Waals surface area contributed by atoms with Crippen LogP contribution in [0.4, 0.5) is 5.69 Å². The summed E-state index contributed by atoms with van der Waals surface area (Å²) in [6.07, 6.45) is 6.29. The molecule has 0 aliphatic carbocycles. The molecule has 0 bridgehead atoms. The molecule has 0 amide bonds. The minimum atomic E-state index is 0.982. The number of hydrogen-bond acceptors (Lipinski definition) is 2. The Balaban J connectivity index is 1.76. The van der Waals surface area contributed by atoms with Crippen LogP contribution < -0.4 is 4.90 Å². The summed E-state index contributed by atoms with van der Waals surface area (Å²) in [6, 6.07) is 20.9. The van der Waals surface area contributed by atoms with Crippen molar-refractivity contribution in [3.05, 3.63) is 78.1 Å². The minimum absolute atomic E-state index is 0.982. The van der Waals surface area contributed by atoms with Gasteiger partial charge in [-0.15, -0.1) is 0 Å². The van der Waals surface area contributed by atoms with Crippen LogP contribution in [0.25, 0.3) is 28.7 Å². The standard InChI is InChI=1S/C21H19N3/c1-23(2)17-12-9-16(10-13-17)11-14-19-21-8-5-15-24(21)20-7-4-3-6-18(20)22-19/h3-15H,1-2H3/b14-11+. The summed E-state index contributed by atoms with van der Waals surface area (Å²) in [5.41, 5.74) is 6.60. The Morgan fingerprint density at radius 3 is 2.38 bits per heavy atom. The number of para-hydroxylation sites is 2. The van der Waals surface area contributed by atoms with Crippen LogP contribution in [0, 0.1) is 0 Å². The molecular formula is C21H19N3. The van der Waals surface area contributed by atoms with Crippen LogP contribution in [0.1, 0.15) is 11.3 Å². The Hall–Kier alpha value is -3.07. The van der Waals surface area contributed by atoms with E-state index in [1.807, 2.05) is 26.2 Å². The zero-order valence-electron chi connectivity index (χ0n) is 13.8. The van der Waals surface area contributed by atoms with Crippen molar-refractivity contribution in [2.75, 3.05) is 19.0 Å². The highest BCUT2D eigenvalue weighted by molar-refractivity contribution is 5.85. The quantitative estimate of drug-likeness (QED) is 0.545. The fourth-order valence-electron chi connectivity index (χ4n) is 2.93. The lowest BCUT2D eigenvalue weighted by Gasteiger charge is -2.11. The van der Waals surface area contributed by atoms with Gasteiger partial charge < -0.3 is 9.30 Å². The Bertz CT molecular complexity index is 1020. The lowest BCUT2D eigenvalue weighted by molar-refractivity contribution is 1.13. The van der Waals surface area contributed by atoms with Crippen LogP contribution in [0.5, 0.6) is 0 Å². The van der Waals surface area contributed by atoms with Crippen LogP contribution in [-0.4, -0.2) is 23.5 Å². The number of anilines is 1. The van der Waals surface area contributed by atoms with E-state index in [9.17, 15) is 0 Å². The first-order chi connectivity index (χ1) is 11.7. The van der Waals surface area contributed by atoms with Crippen molar-refractivity contribution in [2.45, 2.75) is 0 Å². The maximum absolute atomic E-state index is 4.82. The van der Waals surface area contributed by atoms with Crippen molar-refractivity contribution in [2.24, 2.45) is 0 Å². The maximum atomic E-state index is 4.82. The Morgan fingerprint density at radius 1 is 0.833 bits per heavy atom. The molecule has 0 aliphatic rings. The number of nitrogens with zero attached hydrogens (tertiary/aromatic N) is 3. The lowest BCUT2D eigenvalue weighted by atomic mass is 10.1. The van der Waals surface area contributed by atoms with Gasteiger partial charge in [0.25, 0.3) is 0 Å². The van der Waals surface area contributed by atoms with E-state index in [0.29, 0.717) is 0 Å². The third-order valence-electron chi connectivity index (χ3n) is 4.24. The average Bonchev–Trinajstić information content (AvgIpc) is 3.10. The summed E-state index contributed by atoms with van der Waals surface area (Å²) in [5.74, 6) is 0. The molecule has 2 aromatic carbocycles. The highest BCUT2D eigenvalue weighted by Crippen LogP contribution is 2.21. The number of hydrogen-bond donors (Lipinski definition) is 0. The van der Waals surface area contributed by atoms with Crippen molar-refractivity contribution >= 4 is 34.4 Å². The lowest BCUT2D eigenvalue weighted by Crippen LogP contribution is -2.07. The second-order valence-electron chi connectivity index (χ2n) is 6.07. The first kappa shape index (κ1) is 14.5. The van der Waals surface area contributed by atoms with Crippen LogP contribution in [0.3, 0.4) is 0 Å². The molecule has 0 saturated carbocycles. The molecule has 3 nitrogen and oxygen atoms in total. The van der Waals surface area contributed by atoms with E-state index >= 15 is 0 Å². The smallest absolute Gasteiger partial charge is 0.0878 e. The molecule has 0 spiro atoms. The molecule has 0 saturated heterocycles. The fraction of sp³-hybridized carbons (Fsp3) is 0.0952. The Morgan fingerprint density at radius 2 is 1.58 bits per heavy atom. The Labute approximate surface area is 141 Å². The van der Waals surface area contributed by atoms with E-state index < -0.39 is 0 Å². The zero-order valence-corrected chi connectivity index (χ0v) is 13.8. The fourth-order valence-corrected chi connectivity index (χ4v) is 2.93. The highest BCUT2D eigenvalue weighted by atomic mass is 15.1. The van der Waals surface area contributed by atoms with Gasteiger partial charge in [0.05, 0.1) is 22.2 Å². The van der Waals surface area contributed by atoms with Crippen molar-refractivity contribution in [1.29, 1.82) is 0 Å². The number of benzene rings is 2. The van der Waals surface area contributed by atoms with Crippen LogP contribution in [0.2, 0.25) is 0 Å². The molecule has 4 aromatic rings. The molecule has 4 rings (SSSR count). The molecule has 0 unspecified atom stereocenters. The SMILES string of the molecule is CN(C)c1ccc(/C=C/c2nc3ccccc3n3cccc23)cc1. The molecule has 0 radical (unpaired) electrons. The van der Waals surface area contributed by atoms with Crippen molar-refractivity contribution in [3.63, 3.8) is 0 Å². The minimum Gasteiger partial charge on any atom is -0.378 e. The second-order valence-corrected chi connectivity index (χ2v) is 6.07. The van der Waals surface area contributed by atoms with Crippen LogP contribution in [-0.2, 0) is 0 Å². The summed E-state index contributed by atoms with van der Waals surface area (Å²) < 4.78 is 2.19. The van der Waals surface area contributed by atoms with E-state index in [1.165, 1.54) is 11.3 Å². The van der Waals surface area contributed by atoms with Gasteiger partial charge in [-0.1, -0.05) is 30.3 Å². The molecule has 2 heterocycles. The largest absolute Gasteiger partial charge is 0.378 e. The predicted octanol–water partition coefficient (Wildman–Crippen LogP) is 4.72. The summed E-state index contributed by atoms with van der Waals surface area (Å²) in [4.78, 5) is 6.92. The molecular weight excluding hydrogens is 294 g/mol. The molecule has 3 heteroatoms. The number of aromatic nitrogens is 2. The van der Waals surface area contributed by atoms with Gasteiger partial charge in [-0.2, -0.15) is 0 Å². The average molecular weight is 313 g/mol. The zero-order chi connectivity index (χ0) is 16.5. The van der Waals surface area contributed by atoms with Gasteiger partial charge >= 0.3 is 0 Å². The maximum Gasteiger partial charge on any atom is 0.0878 e. The predicted molar refractivity (Wildman–Crippen MR) is 102 cm³/mol. The van der Waals surface area contributed by atoms with Crippen LogP contribution >= 0.6 is 0 Å². The third-order valence-corrected chi connectivity index (χ3v) is 4.24. The van der Waals surface area contributed by atoms with E-state index in [4.69, 9.17) is 4.98 Å². The summed E-state index contributed by atoms with van der Waals surface area (Å²) in [7, 11) is 4.10. The third kappa shape index (κ3) is 2.54. The van der Waals surface area contributed by atoms with Gasteiger partial charge in [-0.25, -0.2) is 4.98 Å². The molecule has 0 aliphatic heterocycles. The van der Waals surface area contributed by atoms with Crippen molar-refractivity contribution < 1.29 is 0 Å². The molecule has 24 heavy (non-hydrogen) atoms. The van der Waals surface area contributed by atoms with Gasteiger partial charge in [0.15, 0.2) is 0 Å². The van der Waals surface area contributed by atoms with E-state index in [0.717, 1.165) is 22.2 Å². The van der Waals surface area contributed by atoms with E-state index in [1.54, 1.807) is 0 Å². The number of fused-ring (bicyclic) bond motifs is 3. The summed E-state index contributed by atoms with van der Waals surface area (Å²) >= 11 is 0. The number of rotatable bonds is 3. The molecule has 0 N–H and O–H groups in total. The molecule has 118 valence electrons. The van der Waals surface area contributed by atoms with Crippen LogP contribution in [0.15, 0.2) is 66.9 Å². The first-order valence-electron chi connectivity index (χ1n) is 8.04. The van der Waals surface area contributed by atoms with Gasteiger partial charge in [0, 0.05) is 26.0 Å². The van der Waals surface area contributed by atoms with Gasteiger partial charge in [0.1, 0.15) is 0 Å². The summed E-state index contributed by atoms with van der Waals surface area (Å²) in [5, 5.41) is 0. The van der Waals surface area contributed by atoms with Gasteiger partial charge in [-0.05, 0) is 48.0 Å². The normalized spacial score (nSPS) is 11.6. The molecule has 0 atom stereocenters. The topological polar surface area (TPSA) is 20.5 Å². The van der Waals surface area contributed by atoms with Gasteiger partial charge in [-0.3, -0.25) is 0 Å². The first-order valence-corrected chi connectivity index (χ1v) is 8.04. The van der Waals surface area contributed by atoms with Gasteiger partial charge in [0.2, 0.25) is 0 Å². The van der Waals surface area contributed by atoms with E-state index in [-0.39, 0.29) is 0 Å². The van der Waals surface area contributed by atoms with Crippen molar-refractivity contribution in [1.82, 2.24) is 9.38 Å². The molecule has 0 fully saturated rings. The monoisotopic (exact) mass is 313 g/mol. The van der Waals surface area contributed by atoms with E-state index in [2.05, 4.69) is 76.2 Å². The summed E-state index contributed by atoms with van der Waals surface area (Å²) in [6.45, 7) is 0.